The fraction of sp³-hybridized carbons (Fsp3) is 0.533. The zero-order valence-electron chi connectivity index (χ0n) is 11.5. The highest BCUT2D eigenvalue weighted by atomic mass is 19.4. The SMILES string of the molecule is N#Cc1cc(NCC2CCCC(O)C2)ccc1C(F)(F)F. The Hall–Kier alpha value is -1.74. The van der Waals surface area contributed by atoms with Crippen LogP contribution in [0.5, 0.6) is 0 Å². The lowest BCUT2D eigenvalue weighted by atomic mass is 9.87. The summed E-state index contributed by atoms with van der Waals surface area (Å²) in [5, 5.41) is 21.5. The van der Waals surface area contributed by atoms with Crippen molar-refractivity contribution in [1.29, 1.82) is 5.26 Å². The number of nitrogens with zero attached hydrogens (tertiary/aromatic N) is 1. The predicted octanol–water partition coefficient (Wildman–Crippen LogP) is 3.54. The molecule has 1 aliphatic rings. The maximum absolute atomic E-state index is 12.7. The van der Waals surface area contributed by atoms with Gasteiger partial charge in [-0.05, 0) is 43.4 Å². The van der Waals surface area contributed by atoms with E-state index in [2.05, 4.69) is 5.32 Å². The van der Waals surface area contributed by atoms with Crippen LogP contribution in [0.1, 0.15) is 36.8 Å². The zero-order valence-corrected chi connectivity index (χ0v) is 11.5. The van der Waals surface area contributed by atoms with Crippen LogP contribution in [0.15, 0.2) is 18.2 Å². The van der Waals surface area contributed by atoms with Gasteiger partial charge in [-0.3, -0.25) is 0 Å². The van der Waals surface area contributed by atoms with Crippen LogP contribution in [0.2, 0.25) is 0 Å². The molecule has 21 heavy (non-hydrogen) atoms. The van der Waals surface area contributed by atoms with Crippen LogP contribution in [0.3, 0.4) is 0 Å². The Bertz CT molecular complexity index is 537. The molecular formula is C15H17F3N2O. The van der Waals surface area contributed by atoms with Gasteiger partial charge in [0.1, 0.15) is 0 Å². The van der Waals surface area contributed by atoms with Gasteiger partial charge in [-0.25, -0.2) is 0 Å². The van der Waals surface area contributed by atoms with Crippen molar-refractivity contribution >= 4 is 5.69 Å². The second kappa shape index (κ2) is 6.35. The van der Waals surface area contributed by atoms with Gasteiger partial charge in [0, 0.05) is 12.2 Å². The van der Waals surface area contributed by atoms with Gasteiger partial charge in [0.2, 0.25) is 0 Å². The van der Waals surface area contributed by atoms with Crippen molar-refractivity contribution in [3.8, 4) is 6.07 Å². The van der Waals surface area contributed by atoms with Crippen LogP contribution in [0.4, 0.5) is 18.9 Å². The van der Waals surface area contributed by atoms with E-state index in [4.69, 9.17) is 5.26 Å². The lowest BCUT2D eigenvalue weighted by molar-refractivity contribution is -0.137. The fourth-order valence-electron chi connectivity index (χ4n) is 2.70. The Kier molecular flexibility index (Phi) is 4.73. The lowest BCUT2D eigenvalue weighted by Crippen LogP contribution is -2.25. The maximum atomic E-state index is 12.7. The zero-order chi connectivity index (χ0) is 15.5. The first kappa shape index (κ1) is 15.6. The van der Waals surface area contributed by atoms with Crippen molar-refractivity contribution in [2.24, 2.45) is 5.92 Å². The average molecular weight is 298 g/mol. The number of anilines is 1. The number of aliphatic hydroxyl groups excluding tert-OH is 1. The number of rotatable bonds is 3. The molecule has 0 bridgehead atoms. The smallest absolute Gasteiger partial charge is 0.393 e. The number of hydrogen-bond acceptors (Lipinski definition) is 3. The van der Waals surface area contributed by atoms with Crippen molar-refractivity contribution < 1.29 is 18.3 Å². The summed E-state index contributed by atoms with van der Waals surface area (Å²) in [5.41, 5.74) is -0.792. The van der Waals surface area contributed by atoms with Crippen LogP contribution >= 0.6 is 0 Å². The highest BCUT2D eigenvalue weighted by molar-refractivity contribution is 5.53. The molecule has 6 heteroatoms. The summed E-state index contributed by atoms with van der Waals surface area (Å²) in [6.07, 6.45) is -1.32. The lowest BCUT2D eigenvalue weighted by Gasteiger charge is -2.26. The van der Waals surface area contributed by atoms with Gasteiger partial charge in [0.15, 0.2) is 0 Å². The quantitative estimate of drug-likeness (QED) is 0.897. The molecule has 1 aromatic carbocycles. The van der Waals surface area contributed by atoms with Crippen LogP contribution in [-0.4, -0.2) is 17.8 Å². The molecule has 0 heterocycles. The molecular weight excluding hydrogens is 281 g/mol. The number of nitrogens with one attached hydrogen (secondary N) is 1. The molecule has 2 rings (SSSR count). The van der Waals surface area contributed by atoms with Gasteiger partial charge in [-0.2, -0.15) is 18.4 Å². The summed E-state index contributed by atoms with van der Waals surface area (Å²) in [4.78, 5) is 0. The third-order valence-electron chi connectivity index (χ3n) is 3.80. The van der Waals surface area contributed by atoms with Gasteiger partial charge in [0.25, 0.3) is 0 Å². The van der Waals surface area contributed by atoms with E-state index in [0.29, 0.717) is 24.6 Å². The summed E-state index contributed by atoms with van der Waals surface area (Å²) >= 11 is 0. The van der Waals surface area contributed by atoms with E-state index < -0.39 is 11.7 Å². The first-order valence-electron chi connectivity index (χ1n) is 6.93. The topological polar surface area (TPSA) is 56.0 Å². The van der Waals surface area contributed by atoms with Gasteiger partial charge in [0.05, 0.1) is 23.3 Å². The van der Waals surface area contributed by atoms with E-state index in [9.17, 15) is 18.3 Å². The molecule has 2 atom stereocenters. The molecule has 1 aromatic rings. The number of halogens is 3. The Morgan fingerprint density at radius 3 is 2.71 bits per heavy atom. The average Bonchev–Trinajstić information content (AvgIpc) is 2.44. The van der Waals surface area contributed by atoms with E-state index in [1.54, 1.807) is 6.07 Å². The van der Waals surface area contributed by atoms with E-state index in [0.717, 1.165) is 25.3 Å². The Morgan fingerprint density at radius 2 is 2.10 bits per heavy atom. The summed E-state index contributed by atoms with van der Waals surface area (Å²) in [5.74, 6) is 0.307. The van der Waals surface area contributed by atoms with Crippen molar-refractivity contribution in [2.75, 3.05) is 11.9 Å². The fourth-order valence-corrected chi connectivity index (χ4v) is 2.70. The van der Waals surface area contributed by atoms with Gasteiger partial charge < -0.3 is 10.4 Å². The third kappa shape index (κ3) is 4.11. The number of benzene rings is 1. The second-order valence-electron chi connectivity index (χ2n) is 5.44. The highest BCUT2D eigenvalue weighted by Crippen LogP contribution is 2.33. The molecule has 1 saturated carbocycles. The van der Waals surface area contributed by atoms with Crippen molar-refractivity contribution in [2.45, 2.75) is 38.0 Å². The van der Waals surface area contributed by atoms with E-state index in [1.165, 1.54) is 12.1 Å². The first-order valence-corrected chi connectivity index (χ1v) is 6.93. The summed E-state index contributed by atoms with van der Waals surface area (Å²) < 4.78 is 38.1. The molecule has 0 saturated heterocycles. The molecule has 0 spiro atoms. The molecule has 114 valence electrons. The van der Waals surface area contributed by atoms with E-state index in [1.807, 2.05) is 0 Å². The Balaban J connectivity index is 2.03. The van der Waals surface area contributed by atoms with Gasteiger partial charge >= 0.3 is 6.18 Å². The van der Waals surface area contributed by atoms with Crippen molar-refractivity contribution in [3.05, 3.63) is 29.3 Å². The molecule has 0 aliphatic heterocycles. The summed E-state index contributed by atoms with van der Waals surface area (Å²) in [6, 6.07) is 5.08. The molecule has 1 fully saturated rings. The maximum Gasteiger partial charge on any atom is 0.417 e. The third-order valence-corrected chi connectivity index (χ3v) is 3.80. The van der Waals surface area contributed by atoms with Crippen LogP contribution in [-0.2, 0) is 6.18 Å². The summed E-state index contributed by atoms with van der Waals surface area (Å²) in [6.45, 7) is 0.591. The summed E-state index contributed by atoms with van der Waals surface area (Å²) in [7, 11) is 0. The minimum absolute atomic E-state index is 0.284. The normalized spacial score (nSPS) is 22.6. The Labute approximate surface area is 121 Å². The second-order valence-corrected chi connectivity index (χ2v) is 5.44. The van der Waals surface area contributed by atoms with Gasteiger partial charge in [-0.15, -0.1) is 0 Å². The predicted molar refractivity (Wildman–Crippen MR) is 72.6 cm³/mol. The number of alkyl halides is 3. The van der Waals surface area contributed by atoms with Crippen LogP contribution in [0, 0.1) is 17.2 Å². The molecule has 2 N–H and O–H groups in total. The molecule has 0 aromatic heterocycles. The highest BCUT2D eigenvalue weighted by Gasteiger charge is 2.33. The number of aliphatic hydroxyl groups is 1. The number of hydrogen-bond donors (Lipinski definition) is 2. The standard InChI is InChI=1S/C15H17F3N2O/c16-15(17,18)14-5-4-12(7-11(14)8-19)20-9-10-2-1-3-13(21)6-10/h4-5,7,10,13,20-21H,1-3,6,9H2. The Morgan fingerprint density at radius 1 is 1.33 bits per heavy atom. The van der Waals surface area contributed by atoms with Crippen LogP contribution < -0.4 is 5.32 Å². The molecule has 2 unspecified atom stereocenters. The first-order chi connectivity index (χ1) is 9.90. The minimum Gasteiger partial charge on any atom is -0.393 e. The van der Waals surface area contributed by atoms with E-state index >= 15 is 0 Å². The van der Waals surface area contributed by atoms with Crippen molar-refractivity contribution in [1.82, 2.24) is 0 Å². The van der Waals surface area contributed by atoms with Gasteiger partial charge in [-0.1, -0.05) is 6.42 Å². The molecule has 1 aliphatic carbocycles. The largest absolute Gasteiger partial charge is 0.417 e. The molecule has 0 amide bonds. The van der Waals surface area contributed by atoms with E-state index in [-0.39, 0.29) is 11.7 Å². The molecule has 3 nitrogen and oxygen atoms in total. The minimum atomic E-state index is -4.52. The van der Waals surface area contributed by atoms with Crippen LogP contribution in [0.25, 0.3) is 0 Å². The monoisotopic (exact) mass is 298 g/mol. The van der Waals surface area contributed by atoms with Crippen molar-refractivity contribution in [3.63, 3.8) is 0 Å². The molecule has 0 radical (unpaired) electrons. The number of nitriles is 1.